The number of hydrogen-bond donors (Lipinski definition) is 1. The van der Waals surface area contributed by atoms with E-state index in [0.29, 0.717) is 12.1 Å². The van der Waals surface area contributed by atoms with Crippen LogP contribution >= 0.6 is 22.6 Å². The molecule has 3 aromatic carbocycles. The SMILES string of the molecule is N#Cc1ccc(S(=O)(=O)N=C(N)N2CC(c3ccccc3)C(c3ccc(I)cc3)=N2)cc1. The second-order valence-electron chi connectivity index (χ2n) is 7.10. The summed E-state index contributed by atoms with van der Waals surface area (Å²) in [7, 11) is -4.05. The van der Waals surface area contributed by atoms with Crippen LogP contribution in [0.4, 0.5) is 0 Å². The van der Waals surface area contributed by atoms with E-state index < -0.39 is 10.0 Å². The Hall–Kier alpha value is -3.23. The molecule has 1 unspecified atom stereocenters. The van der Waals surface area contributed by atoms with E-state index in [4.69, 9.17) is 11.0 Å². The Morgan fingerprint density at radius 3 is 2.34 bits per heavy atom. The van der Waals surface area contributed by atoms with Gasteiger partial charge in [0.1, 0.15) is 0 Å². The summed E-state index contributed by atoms with van der Waals surface area (Å²) in [6, 6.07) is 25.3. The fourth-order valence-corrected chi connectivity index (χ4v) is 4.68. The lowest BCUT2D eigenvalue weighted by molar-refractivity contribution is 0.470. The molecule has 0 bridgehead atoms. The van der Waals surface area contributed by atoms with Crippen molar-refractivity contribution in [1.29, 1.82) is 5.26 Å². The van der Waals surface area contributed by atoms with Crippen LogP contribution in [-0.4, -0.2) is 31.6 Å². The third-order valence-corrected chi connectivity index (χ3v) is 7.03. The zero-order chi connectivity index (χ0) is 22.7. The standard InChI is InChI=1S/C23H18IN5O2S/c24-19-10-8-18(9-11-19)22-21(17-4-2-1-3-5-17)15-29(27-22)23(26)28-32(30,31)20-12-6-16(14-25)7-13-20/h1-13,21H,15H2,(H2,26,28). The monoisotopic (exact) mass is 555 g/mol. The van der Waals surface area contributed by atoms with Gasteiger partial charge < -0.3 is 5.73 Å². The van der Waals surface area contributed by atoms with Crippen molar-refractivity contribution in [3.63, 3.8) is 0 Å². The third kappa shape index (κ3) is 4.66. The molecule has 160 valence electrons. The normalized spacial score (nSPS) is 16.5. The van der Waals surface area contributed by atoms with E-state index in [-0.39, 0.29) is 16.8 Å². The lowest BCUT2D eigenvalue weighted by Crippen LogP contribution is -2.33. The van der Waals surface area contributed by atoms with Gasteiger partial charge in [0.25, 0.3) is 10.0 Å². The predicted molar refractivity (Wildman–Crippen MR) is 132 cm³/mol. The highest BCUT2D eigenvalue weighted by Crippen LogP contribution is 2.29. The number of nitrogens with zero attached hydrogens (tertiary/aromatic N) is 4. The van der Waals surface area contributed by atoms with Crippen molar-refractivity contribution in [3.05, 3.63) is 99.1 Å². The summed E-state index contributed by atoms with van der Waals surface area (Å²) in [4.78, 5) is -0.0416. The molecule has 0 radical (unpaired) electrons. The maximum absolute atomic E-state index is 12.7. The maximum Gasteiger partial charge on any atom is 0.285 e. The summed E-state index contributed by atoms with van der Waals surface area (Å²) in [6.45, 7) is 0.365. The Bertz CT molecular complexity index is 1330. The van der Waals surface area contributed by atoms with Crippen molar-refractivity contribution >= 4 is 44.3 Å². The Balaban J connectivity index is 1.69. The van der Waals surface area contributed by atoms with Gasteiger partial charge in [0.15, 0.2) is 0 Å². The van der Waals surface area contributed by atoms with Gasteiger partial charge in [0.05, 0.1) is 28.8 Å². The molecule has 7 nitrogen and oxygen atoms in total. The number of nitriles is 1. The van der Waals surface area contributed by atoms with Crippen molar-refractivity contribution in [3.8, 4) is 6.07 Å². The second kappa shape index (κ2) is 9.10. The molecule has 0 amide bonds. The summed E-state index contributed by atoms with van der Waals surface area (Å²) in [5.74, 6) is -0.307. The Labute approximate surface area is 200 Å². The number of halogens is 1. The molecule has 1 atom stereocenters. The van der Waals surface area contributed by atoms with Gasteiger partial charge in [0, 0.05) is 9.49 Å². The molecule has 0 aromatic heterocycles. The van der Waals surface area contributed by atoms with Crippen molar-refractivity contribution in [1.82, 2.24) is 5.01 Å². The van der Waals surface area contributed by atoms with E-state index in [1.54, 1.807) is 0 Å². The zero-order valence-electron chi connectivity index (χ0n) is 16.8. The van der Waals surface area contributed by atoms with Crippen LogP contribution < -0.4 is 5.73 Å². The van der Waals surface area contributed by atoms with Crippen LogP contribution in [0.3, 0.4) is 0 Å². The highest BCUT2D eigenvalue weighted by Gasteiger charge is 2.31. The average molecular weight is 555 g/mol. The molecule has 1 aliphatic heterocycles. The molecule has 0 fully saturated rings. The number of hydrazone groups is 1. The van der Waals surface area contributed by atoms with E-state index in [2.05, 4.69) is 32.1 Å². The number of rotatable bonds is 4. The van der Waals surface area contributed by atoms with Gasteiger partial charge in [-0.15, -0.1) is 4.40 Å². The first-order chi connectivity index (χ1) is 15.4. The number of sulfonamides is 1. The van der Waals surface area contributed by atoms with Gasteiger partial charge >= 0.3 is 0 Å². The van der Waals surface area contributed by atoms with Crippen LogP contribution in [0.5, 0.6) is 0 Å². The number of hydrogen-bond acceptors (Lipinski definition) is 4. The average Bonchev–Trinajstić information content (AvgIpc) is 3.26. The Morgan fingerprint density at radius 1 is 1.06 bits per heavy atom. The summed E-state index contributed by atoms with van der Waals surface area (Å²) in [6.07, 6.45) is 0. The molecule has 0 spiro atoms. The minimum atomic E-state index is -4.05. The molecule has 2 N–H and O–H groups in total. The summed E-state index contributed by atoms with van der Waals surface area (Å²) >= 11 is 2.24. The predicted octanol–water partition coefficient (Wildman–Crippen LogP) is 3.67. The molecule has 1 heterocycles. The van der Waals surface area contributed by atoms with Gasteiger partial charge in [-0.3, -0.25) is 0 Å². The fraction of sp³-hybridized carbons (Fsp3) is 0.0870. The van der Waals surface area contributed by atoms with Gasteiger partial charge in [0.2, 0.25) is 5.96 Å². The largest absolute Gasteiger partial charge is 0.367 e. The van der Waals surface area contributed by atoms with E-state index in [0.717, 1.165) is 20.4 Å². The topological polar surface area (TPSA) is 112 Å². The van der Waals surface area contributed by atoms with Crippen LogP contribution in [0.25, 0.3) is 0 Å². The van der Waals surface area contributed by atoms with E-state index >= 15 is 0 Å². The first-order valence-corrected chi connectivity index (χ1v) is 12.2. The molecule has 0 saturated heterocycles. The van der Waals surface area contributed by atoms with Gasteiger partial charge in [-0.25, -0.2) is 5.01 Å². The molecule has 32 heavy (non-hydrogen) atoms. The zero-order valence-corrected chi connectivity index (χ0v) is 19.7. The number of benzene rings is 3. The number of nitrogens with two attached hydrogens (primary N) is 1. The highest BCUT2D eigenvalue weighted by molar-refractivity contribution is 14.1. The molecule has 9 heteroatoms. The molecular weight excluding hydrogens is 537 g/mol. The van der Waals surface area contributed by atoms with Crippen LogP contribution in [-0.2, 0) is 10.0 Å². The molecular formula is C23H18IN5O2S. The lowest BCUT2D eigenvalue weighted by Gasteiger charge is -2.15. The van der Waals surface area contributed by atoms with Gasteiger partial charge in [-0.2, -0.15) is 18.8 Å². The molecule has 3 aromatic rings. The van der Waals surface area contributed by atoms with Gasteiger partial charge in [-0.1, -0.05) is 42.5 Å². The molecule has 0 aliphatic carbocycles. The van der Waals surface area contributed by atoms with Crippen molar-refractivity contribution < 1.29 is 8.42 Å². The highest BCUT2D eigenvalue weighted by atomic mass is 127. The van der Waals surface area contributed by atoms with Crippen molar-refractivity contribution in [2.75, 3.05) is 6.54 Å². The van der Waals surface area contributed by atoms with Crippen LogP contribution in [0.15, 0.2) is 93.3 Å². The van der Waals surface area contributed by atoms with Crippen LogP contribution in [0.2, 0.25) is 0 Å². The lowest BCUT2D eigenvalue weighted by atomic mass is 9.91. The second-order valence-corrected chi connectivity index (χ2v) is 9.95. The first kappa shape index (κ1) is 22.0. The molecule has 0 saturated carbocycles. The smallest absolute Gasteiger partial charge is 0.285 e. The van der Waals surface area contributed by atoms with Gasteiger partial charge in [-0.05, 0) is 70.1 Å². The van der Waals surface area contributed by atoms with E-state index in [9.17, 15) is 8.42 Å². The van der Waals surface area contributed by atoms with E-state index in [1.807, 2.05) is 60.7 Å². The summed E-state index contributed by atoms with van der Waals surface area (Å²) in [5, 5.41) is 15.0. The Morgan fingerprint density at radius 2 is 1.72 bits per heavy atom. The molecule has 1 aliphatic rings. The fourth-order valence-electron chi connectivity index (χ4n) is 3.40. The molecule has 4 rings (SSSR count). The minimum absolute atomic E-state index is 0.0416. The van der Waals surface area contributed by atoms with Crippen molar-refractivity contribution in [2.45, 2.75) is 10.8 Å². The quantitative estimate of drug-likeness (QED) is 0.300. The number of guanidine groups is 1. The van der Waals surface area contributed by atoms with Crippen molar-refractivity contribution in [2.24, 2.45) is 15.2 Å². The van der Waals surface area contributed by atoms with Crippen LogP contribution in [0, 0.1) is 14.9 Å². The minimum Gasteiger partial charge on any atom is -0.367 e. The summed E-state index contributed by atoms with van der Waals surface area (Å²) in [5.41, 5.74) is 9.24. The third-order valence-electron chi connectivity index (χ3n) is 5.02. The first-order valence-electron chi connectivity index (χ1n) is 9.65. The van der Waals surface area contributed by atoms with E-state index in [1.165, 1.54) is 29.3 Å². The Kier molecular flexibility index (Phi) is 6.25. The maximum atomic E-state index is 12.7. The summed E-state index contributed by atoms with van der Waals surface area (Å²) < 4.78 is 30.3. The van der Waals surface area contributed by atoms with Crippen LogP contribution in [0.1, 0.15) is 22.6 Å².